The molecule has 2 fully saturated rings. The van der Waals surface area contributed by atoms with E-state index in [1.807, 2.05) is 78.5 Å². The molecule has 2 aliphatic rings. The lowest BCUT2D eigenvalue weighted by Gasteiger charge is -2.37. The number of carbonyl (C=O) groups excluding carboxylic acids is 2. The van der Waals surface area contributed by atoms with Gasteiger partial charge in [0.2, 0.25) is 0 Å². The minimum absolute atomic E-state index is 0.0249. The van der Waals surface area contributed by atoms with Crippen LogP contribution in [0.5, 0.6) is 0 Å². The second-order valence-electron chi connectivity index (χ2n) is 8.31. The number of ketones is 1. The first-order chi connectivity index (χ1) is 14.0. The van der Waals surface area contributed by atoms with Crippen molar-refractivity contribution in [2.24, 2.45) is 5.92 Å². The molecular weight excluding hydrogens is 364 g/mol. The van der Waals surface area contributed by atoms with Crippen LogP contribution in [0.2, 0.25) is 0 Å². The predicted molar refractivity (Wildman–Crippen MR) is 113 cm³/mol. The molecule has 0 aromatic heterocycles. The zero-order valence-electron chi connectivity index (χ0n) is 17.1. The topological polar surface area (TPSA) is 49.9 Å². The highest BCUT2D eigenvalue weighted by Gasteiger charge is 2.45. The van der Waals surface area contributed by atoms with E-state index in [4.69, 9.17) is 4.74 Å². The van der Waals surface area contributed by atoms with E-state index in [9.17, 15) is 9.59 Å². The average Bonchev–Trinajstić information content (AvgIpc) is 3.01. The maximum absolute atomic E-state index is 13.1. The number of piperidine rings is 1. The van der Waals surface area contributed by atoms with Crippen molar-refractivity contribution in [2.45, 2.75) is 44.4 Å². The van der Waals surface area contributed by atoms with Crippen LogP contribution >= 0.6 is 0 Å². The fourth-order valence-corrected chi connectivity index (χ4v) is 4.66. The van der Waals surface area contributed by atoms with Gasteiger partial charge in [0.25, 0.3) is 0 Å². The fraction of sp³-hybridized carbons (Fsp3) is 0.417. The summed E-state index contributed by atoms with van der Waals surface area (Å²) in [6, 6.07) is 17.7. The number of rotatable bonds is 5. The molecule has 5 heteroatoms. The number of fused-ring (bicyclic) bond motifs is 2. The molecule has 2 bridgehead atoms. The Labute approximate surface area is 172 Å². The van der Waals surface area contributed by atoms with Crippen LogP contribution in [-0.4, -0.2) is 43.0 Å². The molecule has 29 heavy (non-hydrogen) atoms. The van der Waals surface area contributed by atoms with Gasteiger partial charge in [0, 0.05) is 43.3 Å². The Morgan fingerprint density at radius 2 is 1.69 bits per heavy atom. The van der Waals surface area contributed by atoms with E-state index in [0.29, 0.717) is 0 Å². The largest absolute Gasteiger partial charge is 0.445 e. The number of amides is 1. The lowest BCUT2D eigenvalue weighted by atomic mass is 9.85. The molecule has 2 aliphatic heterocycles. The molecule has 2 saturated heterocycles. The number of hydrogen-bond donors (Lipinski definition) is 0. The smallest absolute Gasteiger partial charge is 0.410 e. The van der Waals surface area contributed by atoms with Crippen LogP contribution < -0.4 is 4.90 Å². The minimum Gasteiger partial charge on any atom is -0.445 e. The van der Waals surface area contributed by atoms with Crippen LogP contribution in [0.1, 0.15) is 41.6 Å². The molecule has 2 atom stereocenters. The second kappa shape index (κ2) is 8.27. The van der Waals surface area contributed by atoms with Crippen molar-refractivity contribution in [1.29, 1.82) is 0 Å². The fourth-order valence-electron chi connectivity index (χ4n) is 4.66. The third-order valence-electron chi connectivity index (χ3n) is 6.17. The third-order valence-corrected chi connectivity index (χ3v) is 6.17. The molecule has 2 heterocycles. The third kappa shape index (κ3) is 4.14. The lowest BCUT2D eigenvalue weighted by molar-refractivity contribution is 0.0485. The van der Waals surface area contributed by atoms with Gasteiger partial charge in [-0.15, -0.1) is 0 Å². The summed E-state index contributed by atoms with van der Waals surface area (Å²) in [7, 11) is 3.95. The Hall–Kier alpha value is -2.82. The van der Waals surface area contributed by atoms with Crippen molar-refractivity contribution in [3.05, 3.63) is 65.7 Å². The summed E-state index contributed by atoms with van der Waals surface area (Å²) in [5, 5.41) is 0. The Kier molecular flexibility index (Phi) is 5.56. The van der Waals surface area contributed by atoms with Gasteiger partial charge in [0.1, 0.15) is 6.61 Å². The predicted octanol–water partition coefficient (Wildman–Crippen LogP) is 4.52. The van der Waals surface area contributed by atoms with E-state index in [0.717, 1.165) is 42.5 Å². The molecule has 2 aromatic rings. The van der Waals surface area contributed by atoms with E-state index in [2.05, 4.69) is 0 Å². The van der Waals surface area contributed by atoms with Gasteiger partial charge in [-0.05, 0) is 43.4 Å². The second-order valence-corrected chi connectivity index (χ2v) is 8.31. The standard InChI is InChI=1S/C24H28N2O3/c1-25(2)20-10-6-9-18(13-20)23(27)19-14-21-11-12-22(15-19)26(21)24(28)29-16-17-7-4-3-5-8-17/h3-10,13,19,21-22H,11-12,14-16H2,1-2H3. The molecule has 0 saturated carbocycles. The van der Waals surface area contributed by atoms with Crippen LogP contribution in [-0.2, 0) is 11.3 Å². The lowest BCUT2D eigenvalue weighted by Crippen LogP contribution is -2.48. The van der Waals surface area contributed by atoms with Crippen LogP contribution in [0.4, 0.5) is 10.5 Å². The highest BCUT2D eigenvalue weighted by atomic mass is 16.6. The number of ether oxygens (including phenoxy) is 1. The van der Waals surface area contributed by atoms with Crippen molar-refractivity contribution < 1.29 is 14.3 Å². The van der Waals surface area contributed by atoms with Crippen molar-refractivity contribution in [1.82, 2.24) is 4.90 Å². The number of carbonyl (C=O) groups is 2. The Balaban J connectivity index is 1.40. The number of benzene rings is 2. The van der Waals surface area contributed by atoms with E-state index >= 15 is 0 Å². The summed E-state index contributed by atoms with van der Waals surface area (Å²) in [4.78, 5) is 29.7. The monoisotopic (exact) mass is 392 g/mol. The SMILES string of the molecule is CN(C)c1cccc(C(=O)C2CC3CCC(C2)N3C(=O)OCc2ccccc2)c1. The van der Waals surface area contributed by atoms with Gasteiger partial charge in [-0.3, -0.25) is 4.79 Å². The minimum atomic E-state index is -0.248. The van der Waals surface area contributed by atoms with Crippen LogP contribution in [0.25, 0.3) is 0 Å². The Morgan fingerprint density at radius 1 is 1.00 bits per heavy atom. The molecule has 0 N–H and O–H groups in total. The van der Waals surface area contributed by atoms with Gasteiger partial charge in [-0.1, -0.05) is 42.5 Å². The molecule has 4 rings (SSSR count). The summed E-state index contributed by atoms with van der Waals surface area (Å²) >= 11 is 0. The summed E-state index contributed by atoms with van der Waals surface area (Å²) < 4.78 is 5.57. The van der Waals surface area contributed by atoms with Crippen LogP contribution in [0, 0.1) is 5.92 Å². The first-order valence-electron chi connectivity index (χ1n) is 10.3. The Morgan fingerprint density at radius 3 is 2.34 bits per heavy atom. The molecule has 1 amide bonds. The first-order valence-corrected chi connectivity index (χ1v) is 10.3. The normalized spacial score (nSPS) is 23.0. The number of nitrogens with zero attached hydrogens (tertiary/aromatic N) is 2. The maximum atomic E-state index is 13.1. The molecule has 152 valence electrons. The van der Waals surface area contributed by atoms with Gasteiger partial charge in [0.05, 0.1) is 0 Å². The molecule has 0 spiro atoms. The van der Waals surface area contributed by atoms with E-state index < -0.39 is 0 Å². The summed E-state index contributed by atoms with van der Waals surface area (Å²) in [5.41, 5.74) is 2.78. The van der Waals surface area contributed by atoms with Crippen LogP contribution in [0.15, 0.2) is 54.6 Å². The number of Topliss-reactive ketones (excluding diaryl/α,β-unsaturated/α-hetero) is 1. The zero-order valence-corrected chi connectivity index (χ0v) is 17.1. The van der Waals surface area contributed by atoms with Crippen molar-refractivity contribution in [3.8, 4) is 0 Å². The van der Waals surface area contributed by atoms with Crippen LogP contribution in [0.3, 0.4) is 0 Å². The number of hydrogen-bond acceptors (Lipinski definition) is 4. The van der Waals surface area contributed by atoms with Gasteiger partial charge in [0.15, 0.2) is 5.78 Å². The summed E-state index contributed by atoms with van der Waals surface area (Å²) in [5.74, 6) is 0.172. The zero-order chi connectivity index (χ0) is 20.4. The summed E-state index contributed by atoms with van der Waals surface area (Å²) in [6.45, 7) is 0.287. The van der Waals surface area contributed by atoms with E-state index in [1.165, 1.54) is 0 Å². The highest BCUT2D eigenvalue weighted by Crippen LogP contribution is 2.40. The van der Waals surface area contributed by atoms with Crippen molar-refractivity contribution >= 4 is 17.6 Å². The molecule has 0 radical (unpaired) electrons. The average molecular weight is 392 g/mol. The molecule has 0 aliphatic carbocycles. The molecular formula is C24H28N2O3. The van der Waals surface area contributed by atoms with Gasteiger partial charge < -0.3 is 14.5 Å². The maximum Gasteiger partial charge on any atom is 0.410 e. The quantitative estimate of drug-likeness (QED) is 0.702. The van der Waals surface area contributed by atoms with Gasteiger partial charge in [-0.2, -0.15) is 0 Å². The molecule has 5 nitrogen and oxygen atoms in total. The van der Waals surface area contributed by atoms with Crippen molar-refractivity contribution in [2.75, 3.05) is 19.0 Å². The van der Waals surface area contributed by atoms with Gasteiger partial charge >= 0.3 is 6.09 Å². The highest BCUT2D eigenvalue weighted by molar-refractivity contribution is 5.99. The van der Waals surface area contributed by atoms with E-state index in [1.54, 1.807) is 0 Å². The molecule has 2 aromatic carbocycles. The number of anilines is 1. The Bertz CT molecular complexity index is 867. The first kappa shape index (κ1) is 19.5. The van der Waals surface area contributed by atoms with E-state index in [-0.39, 0.29) is 36.5 Å². The summed E-state index contributed by atoms with van der Waals surface area (Å²) in [6.07, 6.45) is 3.10. The molecule has 2 unspecified atom stereocenters. The van der Waals surface area contributed by atoms with Crippen molar-refractivity contribution in [3.63, 3.8) is 0 Å². The van der Waals surface area contributed by atoms with Gasteiger partial charge in [-0.25, -0.2) is 4.79 Å².